The van der Waals surface area contributed by atoms with Gasteiger partial charge in [-0.25, -0.2) is 9.55 Å². The van der Waals surface area contributed by atoms with Gasteiger partial charge in [-0.2, -0.15) is 5.26 Å². The van der Waals surface area contributed by atoms with Crippen molar-refractivity contribution >= 4 is 30.5 Å². The van der Waals surface area contributed by atoms with Gasteiger partial charge in [0.15, 0.2) is 0 Å². The van der Waals surface area contributed by atoms with Crippen LogP contribution in [0.1, 0.15) is 5.56 Å². The van der Waals surface area contributed by atoms with Crippen molar-refractivity contribution in [2.24, 2.45) is 0 Å². The van der Waals surface area contributed by atoms with Crippen LogP contribution in [-0.2, 0) is 20.6 Å². The Labute approximate surface area is 218 Å². The number of nitrogens with one attached hydrogen (secondary N) is 1. The molecule has 0 atom stereocenters. The van der Waals surface area contributed by atoms with Gasteiger partial charge in [0.25, 0.3) is 0 Å². The minimum Gasteiger partial charge on any atom is -0.321 e. The maximum Gasteiger partial charge on any atom is 0.471 e. The SMILES string of the molecule is CN(C)CC=CC(=O)Nc1cncc(-c2cnc3c(c2)c(-c2cccc(C#N)c2)cn3COP(=O)(O)O)c1. The first-order valence-corrected chi connectivity index (χ1v) is 12.9. The van der Waals surface area contributed by atoms with Gasteiger partial charge < -0.3 is 24.6 Å². The molecule has 0 aliphatic heterocycles. The molecule has 11 nitrogen and oxygen atoms in total. The van der Waals surface area contributed by atoms with Gasteiger partial charge >= 0.3 is 7.82 Å². The van der Waals surface area contributed by atoms with Crippen LogP contribution in [0.15, 0.2) is 73.3 Å². The Bertz CT molecular complexity index is 1600. The number of hydrogen-bond acceptors (Lipinski definition) is 7. The molecule has 3 heterocycles. The van der Waals surface area contributed by atoms with Crippen LogP contribution in [-0.4, -0.2) is 55.8 Å². The summed E-state index contributed by atoms with van der Waals surface area (Å²) in [5.74, 6) is -0.277. The van der Waals surface area contributed by atoms with Gasteiger partial charge in [-0.3, -0.25) is 14.3 Å². The van der Waals surface area contributed by atoms with Crippen molar-refractivity contribution in [3.05, 3.63) is 78.9 Å². The average molecular weight is 532 g/mol. The van der Waals surface area contributed by atoms with Crippen molar-refractivity contribution in [1.82, 2.24) is 19.4 Å². The van der Waals surface area contributed by atoms with Gasteiger partial charge in [0.05, 0.1) is 23.5 Å². The van der Waals surface area contributed by atoms with Gasteiger partial charge in [0.1, 0.15) is 12.4 Å². The van der Waals surface area contributed by atoms with E-state index >= 15 is 0 Å². The molecule has 1 amide bonds. The molecule has 38 heavy (non-hydrogen) atoms. The summed E-state index contributed by atoms with van der Waals surface area (Å²) in [5, 5.41) is 12.8. The zero-order valence-electron chi connectivity index (χ0n) is 20.6. The number of phosphoric acid groups is 1. The van der Waals surface area contributed by atoms with Crippen LogP contribution < -0.4 is 5.32 Å². The smallest absolute Gasteiger partial charge is 0.321 e. The zero-order chi connectivity index (χ0) is 27.3. The first-order valence-electron chi connectivity index (χ1n) is 11.4. The molecule has 0 radical (unpaired) electrons. The number of carbonyl (C=O) groups is 1. The molecule has 0 saturated carbocycles. The lowest BCUT2D eigenvalue weighted by Gasteiger charge is -2.08. The largest absolute Gasteiger partial charge is 0.471 e. The molecule has 1 aromatic carbocycles. The highest BCUT2D eigenvalue weighted by atomic mass is 31.2. The predicted octanol–water partition coefficient (Wildman–Crippen LogP) is 3.76. The van der Waals surface area contributed by atoms with Crippen LogP contribution in [0.5, 0.6) is 0 Å². The van der Waals surface area contributed by atoms with E-state index in [1.165, 1.54) is 10.6 Å². The Morgan fingerprint density at radius 1 is 1.18 bits per heavy atom. The molecule has 3 aromatic heterocycles. The zero-order valence-corrected chi connectivity index (χ0v) is 21.5. The topological polar surface area (TPSA) is 154 Å². The summed E-state index contributed by atoms with van der Waals surface area (Å²) in [6, 6.07) is 12.7. The summed E-state index contributed by atoms with van der Waals surface area (Å²) in [5.41, 5.74) is 4.24. The summed E-state index contributed by atoms with van der Waals surface area (Å²) < 4.78 is 17.5. The summed E-state index contributed by atoms with van der Waals surface area (Å²) in [4.78, 5) is 41.3. The van der Waals surface area contributed by atoms with Crippen LogP contribution in [0.2, 0.25) is 0 Å². The van der Waals surface area contributed by atoms with Crippen LogP contribution in [0.4, 0.5) is 5.69 Å². The molecule has 0 unspecified atom stereocenters. The van der Waals surface area contributed by atoms with Crippen LogP contribution in [0.25, 0.3) is 33.3 Å². The van der Waals surface area contributed by atoms with Gasteiger partial charge in [-0.1, -0.05) is 18.2 Å². The van der Waals surface area contributed by atoms with Crippen molar-refractivity contribution < 1.29 is 23.7 Å². The number of benzene rings is 1. The van der Waals surface area contributed by atoms with Crippen molar-refractivity contribution in [2.75, 3.05) is 26.0 Å². The third-order valence-electron chi connectivity index (χ3n) is 5.46. The van der Waals surface area contributed by atoms with Crippen LogP contribution in [0.3, 0.4) is 0 Å². The van der Waals surface area contributed by atoms with Crippen molar-refractivity contribution in [3.8, 4) is 28.3 Å². The first-order chi connectivity index (χ1) is 18.1. The molecule has 0 spiro atoms. The molecule has 0 bridgehead atoms. The molecule has 0 aliphatic carbocycles. The lowest BCUT2D eigenvalue weighted by Crippen LogP contribution is -2.13. The highest BCUT2D eigenvalue weighted by Crippen LogP contribution is 2.38. The Morgan fingerprint density at radius 3 is 2.71 bits per heavy atom. The van der Waals surface area contributed by atoms with E-state index < -0.39 is 14.6 Å². The van der Waals surface area contributed by atoms with Crippen LogP contribution >= 0.6 is 7.82 Å². The number of amides is 1. The number of anilines is 1. The average Bonchev–Trinajstić information content (AvgIpc) is 3.25. The fraction of sp³-hybridized carbons (Fsp3) is 0.154. The van der Waals surface area contributed by atoms with Crippen molar-refractivity contribution in [1.29, 1.82) is 5.26 Å². The Hall–Kier alpha value is -4.17. The fourth-order valence-electron chi connectivity index (χ4n) is 3.77. The lowest BCUT2D eigenvalue weighted by atomic mass is 10.0. The molecule has 194 valence electrons. The van der Waals surface area contributed by atoms with Crippen molar-refractivity contribution in [2.45, 2.75) is 6.73 Å². The summed E-state index contributed by atoms with van der Waals surface area (Å²) in [7, 11) is -0.898. The molecular formula is C26H25N6O5P. The number of hydrogen-bond donors (Lipinski definition) is 3. The van der Waals surface area contributed by atoms with Gasteiger partial charge in [0, 0.05) is 53.3 Å². The maximum atomic E-state index is 12.3. The third-order valence-corrected chi connectivity index (χ3v) is 5.91. The summed E-state index contributed by atoms with van der Waals surface area (Å²) in [6.07, 6.45) is 9.68. The minimum atomic E-state index is -4.71. The normalized spacial score (nSPS) is 11.8. The minimum absolute atomic E-state index is 0.277. The predicted molar refractivity (Wildman–Crippen MR) is 143 cm³/mol. The van der Waals surface area contributed by atoms with E-state index in [4.69, 9.17) is 4.52 Å². The number of phosphoric ester groups is 1. The van der Waals surface area contributed by atoms with Crippen molar-refractivity contribution in [3.63, 3.8) is 0 Å². The Kier molecular flexibility index (Phi) is 8.12. The quantitative estimate of drug-likeness (QED) is 0.216. The number of carbonyl (C=O) groups excluding carboxylic acids is 1. The third kappa shape index (κ3) is 6.77. The highest BCUT2D eigenvalue weighted by Gasteiger charge is 2.18. The van der Waals surface area contributed by atoms with Gasteiger partial charge in [-0.15, -0.1) is 0 Å². The highest BCUT2D eigenvalue weighted by molar-refractivity contribution is 7.46. The fourth-order valence-corrected chi connectivity index (χ4v) is 4.05. The van der Waals surface area contributed by atoms with Crippen LogP contribution in [0, 0.1) is 11.3 Å². The molecule has 4 aromatic rings. The molecule has 4 rings (SSSR count). The van der Waals surface area contributed by atoms with Gasteiger partial charge in [-0.05, 0) is 43.9 Å². The van der Waals surface area contributed by atoms with E-state index in [-0.39, 0.29) is 5.91 Å². The second-order valence-electron chi connectivity index (χ2n) is 8.67. The standard InChI is InChI=1S/C26H25N6O5P/c1-31(2)8-4-7-25(33)30-22-10-20(13-28-15-22)21-11-23-24(19-6-3-5-18(9-19)12-27)16-32(26(23)29-14-21)17-37-38(34,35)36/h3-7,9-11,13-16H,8,17H2,1-2H3,(H,30,33)(H2,34,35,36). The monoisotopic (exact) mass is 532 g/mol. The number of nitriles is 1. The van der Waals surface area contributed by atoms with E-state index in [1.54, 1.807) is 55.1 Å². The molecular weight excluding hydrogens is 507 g/mol. The van der Waals surface area contributed by atoms with E-state index in [0.29, 0.717) is 45.5 Å². The molecule has 0 saturated heterocycles. The first kappa shape index (κ1) is 26.9. The van der Waals surface area contributed by atoms with E-state index in [2.05, 4.69) is 21.4 Å². The summed E-state index contributed by atoms with van der Waals surface area (Å²) in [6.45, 7) is 0.214. The van der Waals surface area contributed by atoms with Gasteiger partial charge in [0.2, 0.25) is 5.91 Å². The number of nitrogens with zero attached hydrogens (tertiary/aromatic N) is 5. The number of likely N-dealkylation sites (N-methyl/N-ethyl adjacent to an activating group) is 1. The number of fused-ring (bicyclic) bond motifs is 1. The summed E-state index contributed by atoms with van der Waals surface area (Å²) >= 11 is 0. The van der Waals surface area contributed by atoms with E-state index in [9.17, 15) is 24.4 Å². The van der Waals surface area contributed by atoms with E-state index in [1.807, 2.05) is 31.1 Å². The second kappa shape index (κ2) is 11.5. The molecule has 3 N–H and O–H groups in total. The lowest BCUT2D eigenvalue weighted by molar-refractivity contribution is -0.111. The van der Waals surface area contributed by atoms with E-state index in [0.717, 1.165) is 5.56 Å². The number of pyridine rings is 2. The molecule has 12 heteroatoms. The number of rotatable bonds is 9. The molecule has 0 aliphatic rings. The Balaban J connectivity index is 1.72. The maximum absolute atomic E-state index is 12.3. The second-order valence-corrected chi connectivity index (χ2v) is 9.90. The Morgan fingerprint density at radius 2 is 1.97 bits per heavy atom. The molecule has 0 fully saturated rings. The number of aromatic nitrogens is 3.